The number of aromatic nitrogens is 1. The van der Waals surface area contributed by atoms with Gasteiger partial charge in [-0.2, -0.15) is 0 Å². The maximum Gasteiger partial charge on any atom is 0.129 e. The summed E-state index contributed by atoms with van der Waals surface area (Å²) in [6.07, 6.45) is 0.602. The predicted octanol–water partition coefficient (Wildman–Crippen LogP) is 2.66. The average Bonchev–Trinajstić information content (AvgIpc) is 2.78. The van der Waals surface area contributed by atoms with Crippen LogP contribution in [0.5, 0.6) is 5.75 Å². The van der Waals surface area contributed by atoms with Crippen molar-refractivity contribution in [2.45, 2.75) is 13.3 Å². The van der Waals surface area contributed by atoms with Crippen molar-refractivity contribution in [1.82, 2.24) is 4.98 Å². The van der Waals surface area contributed by atoms with Gasteiger partial charge in [0.05, 0.1) is 18.4 Å². The summed E-state index contributed by atoms with van der Waals surface area (Å²) in [4.78, 5) is 4.50. The molecule has 1 heterocycles. The van der Waals surface area contributed by atoms with E-state index in [4.69, 9.17) is 9.84 Å². The molecule has 3 nitrogen and oxygen atoms in total. The fourth-order valence-corrected chi connectivity index (χ4v) is 2.52. The van der Waals surface area contributed by atoms with Crippen LogP contribution in [-0.2, 0) is 6.42 Å². The summed E-state index contributed by atoms with van der Waals surface area (Å²) in [6.45, 7) is 2.18. The third kappa shape index (κ3) is 2.65. The average molecular weight is 249 g/mol. The molecule has 0 amide bonds. The van der Waals surface area contributed by atoms with Crippen molar-refractivity contribution in [3.05, 3.63) is 34.8 Å². The Morgan fingerprint density at radius 3 is 2.94 bits per heavy atom. The van der Waals surface area contributed by atoms with Crippen molar-refractivity contribution in [1.29, 1.82) is 0 Å². The van der Waals surface area contributed by atoms with Crippen LogP contribution in [0.3, 0.4) is 0 Å². The summed E-state index contributed by atoms with van der Waals surface area (Å²) in [6, 6.07) is 6.04. The summed E-state index contributed by atoms with van der Waals surface area (Å²) in [5, 5.41) is 11.8. The number of benzene rings is 1. The highest BCUT2D eigenvalue weighted by Gasteiger charge is 2.10. The van der Waals surface area contributed by atoms with Crippen LogP contribution >= 0.6 is 11.3 Å². The van der Waals surface area contributed by atoms with E-state index >= 15 is 0 Å². The lowest BCUT2D eigenvalue weighted by molar-refractivity contribution is 0.298. The van der Waals surface area contributed by atoms with Crippen molar-refractivity contribution in [3.8, 4) is 16.3 Å². The van der Waals surface area contributed by atoms with Crippen molar-refractivity contribution in [3.63, 3.8) is 0 Å². The molecule has 0 atom stereocenters. The third-order valence-corrected chi connectivity index (χ3v) is 3.43. The van der Waals surface area contributed by atoms with Gasteiger partial charge < -0.3 is 9.84 Å². The maximum atomic E-state index is 8.88. The zero-order chi connectivity index (χ0) is 12.3. The van der Waals surface area contributed by atoms with E-state index in [0.29, 0.717) is 6.42 Å². The minimum absolute atomic E-state index is 0.133. The Morgan fingerprint density at radius 2 is 2.24 bits per heavy atom. The summed E-state index contributed by atoms with van der Waals surface area (Å²) in [5.74, 6) is 0.834. The molecule has 0 unspecified atom stereocenters. The van der Waals surface area contributed by atoms with Gasteiger partial charge in [0.25, 0.3) is 0 Å². The first-order valence-corrected chi connectivity index (χ1v) is 6.33. The first kappa shape index (κ1) is 12.1. The van der Waals surface area contributed by atoms with E-state index in [-0.39, 0.29) is 6.61 Å². The van der Waals surface area contributed by atoms with E-state index in [1.807, 2.05) is 24.4 Å². The molecular weight excluding hydrogens is 234 g/mol. The van der Waals surface area contributed by atoms with Crippen LogP contribution in [0.4, 0.5) is 0 Å². The molecule has 0 radical (unpaired) electrons. The van der Waals surface area contributed by atoms with Crippen LogP contribution < -0.4 is 4.74 Å². The second-order valence-electron chi connectivity index (χ2n) is 3.82. The van der Waals surface area contributed by atoms with E-state index in [1.165, 1.54) is 5.56 Å². The van der Waals surface area contributed by atoms with E-state index in [2.05, 4.69) is 11.1 Å². The van der Waals surface area contributed by atoms with E-state index < -0.39 is 0 Å². The molecule has 1 N–H and O–H groups in total. The Hall–Kier alpha value is -1.39. The highest BCUT2D eigenvalue weighted by atomic mass is 32.1. The minimum atomic E-state index is 0.133. The largest absolute Gasteiger partial charge is 0.496 e. The Balaban J connectivity index is 2.40. The quantitative estimate of drug-likeness (QED) is 0.905. The van der Waals surface area contributed by atoms with E-state index in [0.717, 1.165) is 22.0 Å². The van der Waals surface area contributed by atoms with Gasteiger partial charge in [-0.25, -0.2) is 4.98 Å². The predicted molar refractivity (Wildman–Crippen MR) is 69.6 cm³/mol. The molecule has 0 aliphatic carbocycles. The number of methoxy groups -OCH3 is 1. The zero-order valence-corrected chi connectivity index (χ0v) is 10.8. The molecule has 1 aromatic carbocycles. The molecule has 0 saturated carbocycles. The molecule has 0 bridgehead atoms. The van der Waals surface area contributed by atoms with Crippen LogP contribution in [0.1, 0.15) is 11.3 Å². The third-order valence-electron chi connectivity index (χ3n) is 2.51. The molecule has 0 aliphatic rings. The molecule has 2 aromatic rings. The zero-order valence-electron chi connectivity index (χ0n) is 9.93. The first-order valence-electron chi connectivity index (χ1n) is 5.45. The Labute approximate surface area is 105 Å². The lowest BCUT2D eigenvalue weighted by Crippen LogP contribution is -1.92. The molecular formula is C13H15NO2S. The van der Waals surface area contributed by atoms with Gasteiger partial charge in [-0.3, -0.25) is 0 Å². The van der Waals surface area contributed by atoms with Crippen molar-refractivity contribution < 1.29 is 9.84 Å². The number of hydrogen-bond donors (Lipinski definition) is 1. The highest BCUT2D eigenvalue weighted by Crippen LogP contribution is 2.33. The van der Waals surface area contributed by atoms with Gasteiger partial charge in [0.2, 0.25) is 0 Å². The van der Waals surface area contributed by atoms with Gasteiger partial charge in [-0.15, -0.1) is 11.3 Å². The summed E-state index contributed by atoms with van der Waals surface area (Å²) in [7, 11) is 1.66. The number of ether oxygens (including phenoxy) is 1. The normalized spacial score (nSPS) is 10.5. The monoisotopic (exact) mass is 249 g/mol. The Bertz CT molecular complexity index is 508. The highest BCUT2D eigenvalue weighted by molar-refractivity contribution is 7.13. The number of thiazole rings is 1. The van der Waals surface area contributed by atoms with Crippen LogP contribution in [0.25, 0.3) is 10.6 Å². The fraction of sp³-hybridized carbons (Fsp3) is 0.308. The first-order chi connectivity index (χ1) is 8.24. The number of aryl methyl sites for hydroxylation is 1. The van der Waals surface area contributed by atoms with Crippen LogP contribution in [-0.4, -0.2) is 23.8 Å². The van der Waals surface area contributed by atoms with E-state index in [9.17, 15) is 0 Å². The topological polar surface area (TPSA) is 42.4 Å². The molecule has 4 heteroatoms. The van der Waals surface area contributed by atoms with Gasteiger partial charge in [-0.05, 0) is 19.1 Å². The molecule has 1 aromatic heterocycles. The lowest BCUT2D eigenvalue weighted by atomic mass is 10.1. The number of nitrogens with zero attached hydrogens (tertiary/aromatic N) is 1. The van der Waals surface area contributed by atoms with Crippen molar-refractivity contribution in [2.24, 2.45) is 0 Å². The lowest BCUT2D eigenvalue weighted by Gasteiger charge is -2.06. The van der Waals surface area contributed by atoms with Crippen molar-refractivity contribution in [2.75, 3.05) is 13.7 Å². The SMILES string of the molecule is COc1ccc(C)cc1-c1nc(CCO)cs1. The molecule has 0 fully saturated rings. The molecule has 17 heavy (non-hydrogen) atoms. The number of rotatable bonds is 4. The number of hydrogen-bond acceptors (Lipinski definition) is 4. The van der Waals surface area contributed by atoms with Gasteiger partial charge in [0.1, 0.15) is 10.8 Å². The van der Waals surface area contributed by atoms with E-state index in [1.54, 1.807) is 18.4 Å². The van der Waals surface area contributed by atoms with Crippen LogP contribution in [0, 0.1) is 6.92 Å². The second-order valence-corrected chi connectivity index (χ2v) is 4.68. The Morgan fingerprint density at radius 1 is 1.41 bits per heavy atom. The summed E-state index contributed by atoms with van der Waals surface area (Å²) in [5.41, 5.74) is 3.12. The second kappa shape index (κ2) is 5.29. The molecule has 0 aliphatic heterocycles. The van der Waals surface area contributed by atoms with Gasteiger partial charge in [0.15, 0.2) is 0 Å². The standard InChI is InChI=1S/C13H15NO2S/c1-9-3-4-12(16-2)11(7-9)13-14-10(5-6-15)8-17-13/h3-4,7-8,15H,5-6H2,1-2H3. The Kier molecular flexibility index (Phi) is 3.76. The van der Waals surface area contributed by atoms with Crippen LogP contribution in [0.15, 0.2) is 23.6 Å². The molecule has 0 saturated heterocycles. The van der Waals surface area contributed by atoms with Crippen molar-refractivity contribution >= 4 is 11.3 Å². The maximum absolute atomic E-state index is 8.88. The molecule has 0 spiro atoms. The van der Waals surface area contributed by atoms with Gasteiger partial charge >= 0.3 is 0 Å². The molecule has 90 valence electrons. The van der Waals surface area contributed by atoms with Gasteiger partial charge in [-0.1, -0.05) is 11.6 Å². The minimum Gasteiger partial charge on any atom is -0.496 e. The summed E-state index contributed by atoms with van der Waals surface area (Å²) >= 11 is 1.58. The van der Waals surface area contributed by atoms with Gasteiger partial charge in [0, 0.05) is 18.4 Å². The molecule has 2 rings (SSSR count). The number of aliphatic hydroxyl groups excluding tert-OH is 1. The fourth-order valence-electron chi connectivity index (χ4n) is 1.65. The van der Waals surface area contributed by atoms with Crippen LogP contribution in [0.2, 0.25) is 0 Å². The number of aliphatic hydroxyl groups is 1. The summed E-state index contributed by atoms with van der Waals surface area (Å²) < 4.78 is 5.34. The smallest absolute Gasteiger partial charge is 0.129 e.